The lowest BCUT2D eigenvalue weighted by atomic mass is 10.3. The van der Waals surface area contributed by atoms with E-state index in [2.05, 4.69) is 26.8 Å². The molecule has 6 heteroatoms. The molecule has 0 saturated carbocycles. The van der Waals surface area contributed by atoms with Crippen molar-refractivity contribution in [2.75, 3.05) is 36.5 Å². The van der Waals surface area contributed by atoms with Crippen LogP contribution in [0, 0.1) is 0 Å². The van der Waals surface area contributed by atoms with Gasteiger partial charge in [0.2, 0.25) is 0 Å². The number of aromatic nitrogens is 1. The zero-order valence-electron chi connectivity index (χ0n) is 11.8. The molecule has 1 atom stereocenters. The summed E-state index contributed by atoms with van der Waals surface area (Å²) in [5.41, 5.74) is 0. The van der Waals surface area contributed by atoms with Crippen LogP contribution < -0.4 is 15.5 Å². The van der Waals surface area contributed by atoms with Crippen molar-refractivity contribution >= 4 is 23.6 Å². The highest BCUT2D eigenvalue weighted by atomic mass is 32.2. The van der Waals surface area contributed by atoms with Crippen LogP contribution in [0.1, 0.15) is 12.8 Å². The third kappa shape index (κ3) is 4.59. The van der Waals surface area contributed by atoms with Crippen LogP contribution in [0.25, 0.3) is 0 Å². The monoisotopic (exact) mass is 294 g/mol. The van der Waals surface area contributed by atoms with E-state index in [9.17, 15) is 4.79 Å². The van der Waals surface area contributed by atoms with Gasteiger partial charge in [-0.15, -0.1) is 0 Å². The molecule has 1 aromatic rings. The Balaban J connectivity index is 1.69. The van der Waals surface area contributed by atoms with Crippen LogP contribution in [-0.4, -0.2) is 48.7 Å². The second-order valence-corrected chi connectivity index (χ2v) is 5.85. The number of anilines is 1. The molecule has 0 aromatic carbocycles. The Labute approximate surface area is 124 Å². The smallest absolute Gasteiger partial charge is 0.315 e. The summed E-state index contributed by atoms with van der Waals surface area (Å²) in [5, 5.41) is 5.93. The molecular formula is C14H22N4OS. The zero-order chi connectivity index (χ0) is 14.2. The fraction of sp³-hybridized carbons (Fsp3) is 0.571. The summed E-state index contributed by atoms with van der Waals surface area (Å²) < 4.78 is 0. The van der Waals surface area contributed by atoms with E-state index in [-0.39, 0.29) is 12.1 Å². The highest BCUT2D eigenvalue weighted by Crippen LogP contribution is 2.17. The Morgan fingerprint density at radius 3 is 3.20 bits per heavy atom. The van der Waals surface area contributed by atoms with Crippen molar-refractivity contribution in [3.63, 3.8) is 0 Å². The Morgan fingerprint density at radius 2 is 2.45 bits per heavy atom. The van der Waals surface area contributed by atoms with Crippen LogP contribution in [0.2, 0.25) is 0 Å². The van der Waals surface area contributed by atoms with E-state index in [1.165, 1.54) is 0 Å². The number of nitrogens with zero attached hydrogens (tertiary/aromatic N) is 2. The number of thioether (sulfide) groups is 1. The molecule has 2 amide bonds. The van der Waals surface area contributed by atoms with E-state index in [1.807, 2.05) is 18.2 Å². The minimum Gasteiger partial charge on any atom is -0.354 e. The first-order valence-corrected chi connectivity index (χ1v) is 8.38. The van der Waals surface area contributed by atoms with Gasteiger partial charge in [-0.2, -0.15) is 11.8 Å². The van der Waals surface area contributed by atoms with Gasteiger partial charge in [-0.1, -0.05) is 6.07 Å². The number of hydrogen-bond acceptors (Lipinski definition) is 4. The Bertz CT molecular complexity index is 415. The van der Waals surface area contributed by atoms with Crippen molar-refractivity contribution in [2.45, 2.75) is 18.9 Å². The van der Waals surface area contributed by atoms with E-state index in [0.29, 0.717) is 0 Å². The van der Waals surface area contributed by atoms with Gasteiger partial charge in [-0.25, -0.2) is 9.78 Å². The SMILES string of the molecule is CSCCCNC(=O)N[C@H]1CCN(c2ccccn2)C1. The molecule has 110 valence electrons. The minimum atomic E-state index is -0.0565. The lowest BCUT2D eigenvalue weighted by molar-refractivity contribution is 0.238. The maximum Gasteiger partial charge on any atom is 0.315 e. The molecule has 20 heavy (non-hydrogen) atoms. The molecule has 1 aliphatic heterocycles. The molecule has 0 aliphatic carbocycles. The average molecular weight is 294 g/mol. The Hall–Kier alpha value is -1.43. The van der Waals surface area contributed by atoms with Crippen molar-refractivity contribution in [1.82, 2.24) is 15.6 Å². The number of carbonyl (C=O) groups excluding carboxylic acids is 1. The largest absolute Gasteiger partial charge is 0.354 e. The quantitative estimate of drug-likeness (QED) is 0.784. The van der Waals surface area contributed by atoms with E-state index in [1.54, 1.807) is 18.0 Å². The Morgan fingerprint density at radius 1 is 1.55 bits per heavy atom. The molecule has 0 spiro atoms. The van der Waals surface area contributed by atoms with Gasteiger partial charge in [-0.05, 0) is 37.0 Å². The standard InChI is InChI=1S/C14H22N4OS/c1-20-10-4-8-16-14(19)17-12-6-9-18(11-12)13-5-2-3-7-15-13/h2-3,5,7,12H,4,6,8-11H2,1H3,(H2,16,17,19)/t12-/m0/s1. The molecule has 1 fully saturated rings. The van der Waals surface area contributed by atoms with E-state index in [0.717, 1.165) is 44.0 Å². The normalized spacial score (nSPS) is 18.1. The van der Waals surface area contributed by atoms with Crippen LogP contribution in [0.4, 0.5) is 10.6 Å². The maximum absolute atomic E-state index is 11.7. The van der Waals surface area contributed by atoms with Gasteiger partial charge >= 0.3 is 6.03 Å². The molecule has 2 heterocycles. The second-order valence-electron chi connectivity index (χ2n) is 4.87. The number of carbonyl (C=O) groups is 1. The van der Waals surface area contributed by atoms with Gasteiger partial charge in [0.1, 0.15) is 5.82 Å². The number of pyridine rings is 1. The number of hydrogen-bond donors (Lipinski definition) is 2. The molecule has 1 saturated heterocycles. The summed E-state index contributed by atoms with van der Waals surface area (Å²) >= 11 is 1.80. The molecular weight excluding hydrogens is 272 g/mol. The highest BCUT2D eigenvalue weighted by molar-refractivity contribution is 7.98. The van der Waals surface area contributed by atoms with Crippen molar-refractivity contribution in [2.24, 2.45) is 0 Å². The van der Waals surface area contributed by atoms with Crippen molar-refractivity contribution < 1.29 is 4.79 Å². The van der Waals surface area contributed by atoms with Gasteiger partial charge in [0.25, 0.3) is 0 Å². The zero-order valence-corrected chi connectivity index (χ0v) is 12.7. The molecule has 1 aromatic heterocycles. The van der Waals surface area contributed by atoms with Gasteiger partial charge in [0, 0.05) is 31.9 Å². The third-order valence-corrected chi connectivity index (χ3v) is 4.00. The predicted molar refractivity (Wildman–Crippen MR) is 84.4 cm³/mol. The van der Waals surface area contributed by atoms with Gasteiger partial charge < -0.3 is 15.5 Å². The predicted octanol–water partition coefficient (Wildman–Crippen LogP) is 1.71. The molecule has 0 bridgehead atoms. The minimum absolute atomic E-state index is 0.0565. The lowest BCUT2D eigenvalue weighted by Crippen LogP contribution is -2.43. The highest BCUT2D eigenvalue weighted by Gasteiger charge is 2.24. The number of nitrogens with one attached hydrogen (secondary N) is 2. The summed E-state index contributed by atoms with van der Waals surface area (Å²) in [4.78, 5) is 18.3. The second kappa shape index (κ2) is 7.99. The van der Waals surface area contributed by atoms with Crippen molar-refractivity contribution in [1.29, 1.82) is 0 Å². The van der Waals surface area contributed by atoms with Crippen molar-refractivity contribution in [3.8, 4) is 0 Å². The molecule has 0 radical (unpaired) electrons. The number of amides is 2. The van der Waals surface area contributed by atoms with Crippen molar-refractivity contribution in [3.05, 3.63) is 24.4 Å². The summed E-state index contributed by atoms with van der Waals surface area (Å²) in [7, 11) is 0. The first-order valence-electron chi connectivity index (χ1n) is 6.99. The first kappa shape index (κ1) is 15.0. The maximum atomic E-state index is 11.7. The molecule has 1 aliphatic rings. The average Bonchev–Trinajstić information content (AvgIpc) is 2.93. The van der Waals surface area contributed by atoms with E-state index in [4.69, 9.17) is 0 Å². The van der Waals surface area contributed by atoms with E-state index >= 15 is 0 Å². The first-order chi connectivity index (χ1) is 9.79. The molecule has 2 N–H and O–H groups in total. The van der Waals surface area contributed by atoms with Gasteiger partial charge in [0.15, 0.2) is 0 Å². The lowest BCUT2D eigenvalue weighted by Gasteiger charge is -2.17. The summed E-state index contributed by atoms with van der Waals surface area (Å²) in [5.74, 6) is 2.06. The van der Waals surface area contributed by atoms with Gasteiger partial charge in [0.05, 0.1) is 0 Å². The van der Waals surface area contributed by atoms with Crippen LogP contribution >= 0.6 is 11.8 Å². The topological polar surface area (TPSA) is 57.3 Å². The Kier molecular flexibility index (Phi) is 5.98. The number of rotatable bonds is 6. The van der Waals surface area contributed by atoms with Gasteiger partial charge in [-0.3, -0.25) is 0 Å². The third-order valence-electron chi connectivity index (χ3n) is 3.31. The fourth-order valence-corrected chi connectivity index (χ4v) is 2.71. The summed E-state index contributed by atoms with van der Waals surface area (Å²) in [6.07, 6.45) is 5.85. The van der Waals surface area contributed by atoms with Crippen LogP contribution in [0.15, 0.2) is 24.4 Å². The summed E-state index contributed by atoms with van der Waals surface area (Å²) in [6, 6.07) is 6.06. The fourth-order valence-electron chi connectivity index (χ4n) is 2.28. The van der Waals surface area contributed by atoms with Crippen LogP contribution in [0.5, 0.6) is 0 Å². The molecule has 5 nitrogen and oxygen atoms in total. The number of urea groups is 1. The molecule has 2 rings (SSSR count). The molecule has 0 unspecified atom stereocenters. The van der Waals surface area contributed by atoms with E-state index < -0.39 is 0 Å². The summed E-state index contributed by atoms with van der Waals surface area (Å²) in [6.45, 7) is 2.51. The van der Waals surface area contributed by atoms with Crippen LogP contribution in [0.3, 0.4) is 0 Å². The van der Waals surface area contributed by atoms with Crippen LogP contribution in [-0.2, 0) is 0 Å².